The van der Waals surface area contributed by atoms with Crippen molar-refractivity contribution in [3.63, 3.8) is 0 Å². The van der Waals surface area contributed by atoms with Gasteiger partial charge in [-0.25, -0.2) is 0 Å². The molecule has 2 aromatic carbocycles. The third-order valence-electron chi connectivity index (χ3n) is 3.64. The molecule has 0 bridgehead atoms. The number of benzene rings is 2. The SMILES string of the molecule is CCCNC(c1cccs1)c1ccc(Br)c2ccccc12. The number of thiophene rings is 1. The van der Waals surface area contributed by atoms with E-state index in [1.165, 1.54) is 21.2 Å². The van der Waals surface area contributed by atoms with Crippen LogP contribution in [0, 0.1) is 0 Å². The van der Waals surface area contributed by atoms with E-state index in [1.807, 2.05) is 11.3 Å². The predicted molar refractivity (Wildman–Crippen MR) is 96.1 cm³/mol. The molecule has 0 saturated carbocycles. The lowest BCUT2D eigenvalue weighted by molar-refractivity contribution is 0.609. The zero-order valence-corrected chi connectivity index (χ0v) is 14.4. The lowest BCUT2D eigenvalue weighted by Crippen LogP contribution is -2.22. The first-order chi connectivity index (χ1) is 10.3. The molecule has 0 fully saturated rings. The highest BCUT2D eigenvalue weighted by Crippen LogP contribution is 2.34. The van der Waals surface area contributed by atoms with Crippen LogP contribution in [-0.4, -0.2) is 6.54 Å². The average Bonchev–Trinajstić information content (AvgIpc) is 3.04. The number of hydrogen-bond acceptors (Lipinski definition) is 2. The molecule has 0 aliphatic carbocycles. The van der Waals surface area contributed by atoms with Gasteiger partial charge in [0.15, 0.2) is 0 Å². The second-order valence-electron chi connectivity index (χ2n) is 5.08. The molecule has 21 heavy (non-hydrogen) atoms. The molecular formula is C18H18BrNS. The van der Waals surface area contributed by atoms with E-state index in [4.69, 9.17) is 0 Å². The first-order valence-electron chi connectivity index (χ1n) is 7.25. The van der Waals surface area contributed by atoms with Gasteiger partial charge in [0.1, 0.15) is 0 Å². The van der Waals surface area contributed by atoms with Gasteiger partial charge in [0, 0.05) is 9.35 Å². The van der Waals surface area contributed by atoms with Crippen molar-refractivity contribution in [1.29, 1.82) is 0 Å². The summed E-state index contributed by atoms with van der Waals surface area (Å²) < 4.78 is 1.15. The van der Waals surface area contributed by atoms with E-state index in [0.29, 0.717) is 0 Å². The van der Waals surface area contributed by atoms with Crippen molar-refractivity contribution in [2.45, 2.75) is 19.4 Å². The Bertz CT molecular complexity index is 721. The minimum atomic E-state index is 0.267. The van der Waals surface area contributed by atoms with Crippen molar-refractivity contribution >= 4 is 38.0 Å². The molecule has 0 spiro atoms. The maximum Gasteiger partial charge on any atom is 0.0677 e. The van der Waals surface area contributed by atoms with Crippen molar-refractivity contribution < 1.29 is 0 Å². The van der Waals surface area contributed by atoms with Crippen LogP contribution >= 0.6 is 27.3 Å². The maximum absolute atomic E-state index is 3.69. The van der Waals surface area contributed by atoms with Crippen molar-refractivity contribution in [1.82, 2.24) is 5.32 Å². The van der Waals surface area contributed by atoms with Crippen LogP contribution in [0.25, 0.3) is 10.8 Å². The van der Waals surface area contributed by atoms with Gasteiger partial charge in [0.05, 0.1) is 6.04 Å². The van der Waals surface area contributed by atoms with Crippen molar-refractivity contribution in [3.05, 3.63) is 68.8 Å². The van der Waals surface area contributed by atoms with Gasteiger partial charge in [0.2, 0.25) is 0 Å². The van der Waals surface area contributed by atoms with Crippen LogP contribution in [0.3, 0.4) is 0 Å². The second-order valence-corrected chi connectivity index (χ2v) is 6.92. The van der Waals surface area contributed by atoms with Crippen LogP contribution in [0.1, 0.15) is 29.8 Å². The Kier molecular flexibility index (Phi) is 4.73. The van der Waals surface area contributed by atoms with E-state index < -0.39 is 0 Å². The number of fused-ring (bicyclic) bond motifs is 1. The van der Waals surface area contributed by atoms with Gasteiger partial charge < -0.3 is 5.32 Å². The summed E-state index contributed by atoms with van der Waals surface area (Å²) in [5.41, 5.74) is 1.35. The Morgan fingerprint density at radius 3 is 2.57 bits per heavy atom. The highest BCUT2D eigenvalue weighted by Gasteiger charge is 2.17. The molecule has 1 aromatic heterocycles. The van der Waals surface area contributed by atoms with E-state index in [1.54, 1.807) is 0 Å². The van der Waals surface area contributed by atoms with Crippen LogP contribution in [0.2, 0.25) is 0 Å². The van der Waals surface area contributed by atoms with Gasteiger partial charge in [0.25, 0.3) is 0 Å². The molecule has 3 aromatic rings. The Morgan fingerprint density at radius 1 is 1.05 bits per heavy atom. The smallest absolute Gasteiger partial charge is 0.0677 e. The molecule has 3 rings (SSSR count). The third-order valence-corrected chi connectivity index (χ3v) is 5.27. The zero-order valence-electron chi connectivity index (χ0n) is 12.0. The van der Waals surface area contributed by atoms with Crippen LogP contribution < -0.4 is 5.32 Å². The highest BCUT2D eigenvalue weighted by atomic mass is 79.9. The molecule has 108 valence electrons. The van der Waals surface area contributed by atoms with Crippen LogP contribution in [0.5, 0.6) is 0 Å². The van der Waals surface area contributed by atoms with Crippen LogP contribution in [0.4, 0.5) is 0 Å². The molecule has 0 amide bonds. The molecule has 0 aliphatic heterocycles. The average molecular weight is 360 g/mol. The summed E-state index contributed by atoms with van der Waals surface area (Å²) in [5, 5.41) is 8.43. The lowest BCUT2D eigenvalue weighted by atomic mass is 9.97. The standard InChI is InChI=1S/C18H18BrNS/c1-2-11-20-18(17-8-5-12-21-17)15-9-10-16(19)14-7-4-3-6-13(14)15/h3-10,12,18,20H,2,11H2,1H3. The summed E-state index contributed by atoms with van der Waals surface area (Å²) in [6.45, 7) is 3.23. The Balaban J connectivity index is 2.13. The highest BCUT2D eigenvalue weighted by molar-refractivity contribution is 9.10. The van der Waals surface area contributed by atoms with Gasteiger partial charge in [-0.1, -0.05) is 59.3 Å². The number of nitrogens with one attached hydrogen (secondary N) is 1. The minimum Gasteiger partial charge on any atom is -0.306 e. The number of rotatable bonds is 5. The predicted octanol–water partition coefficient (Wildman–Crippen LogP) is 5.75. The van der Waals surface area contributed by atoms with Gasteiger partial charge in [-0.05, 0) is 46.8 Å². The molecule has 0 saturated heterocycles. The molecule has 1 atom stereocenters. The summed E-state index contributed by atoms with van der Waals surface area (Å²) in [6, 6.07) is 17.6. The molecule has 1 nitrogen and oxygen atoms in total. The Morgan fingerprint density at radius 2 is 1.86 bits per heavy atom. The van der Waals surface area contributed by atoms with E-state index in [0.717, 1.165) is 17.4 Å². The fourth-order valence-electron chi connectivity index (χ4n) is 2.65. The van der Waals surface area contributed by atoms with Crippen LogP contribution in [0.15, 0.2) is 58.4 Å². The minimum absolute atomic E-state index is 0.267. The van der Waals surface area contributed by atoms with Gasteiger partial charge >= 0.3 is 0 Å². The van der Waals surface area contributed by atoms with Gasteiger partial charge in [-0.3, -0.25) is 0 Å². The number of hydrogen-bond donors (Lipinski definition) is 1. The van der Waals surface area contributed by atoms with Crippen molar-refractivity contribution in [2.24, 2.45) is 0 Å². The topological polar surface area (TPSA) is 12.0 Å². The first kappa shape index (κ1) is 14.8. The molecule has 1 unspecified atom stereocenters. The van der Waals surface area contributed by atoms with E-state index in [2.05, 4.69) is 82.1 Å². The monoisotopic (exact) mass is 359 g/mol. The quantitative estimate of drug-likeness (QED) is 0.611. The Labute approximate surface area is 138 Å². The molecule has 1 heterocycles. The molecular weight excluding hydrogens is 342 g/mol. The first-order valence-corrected chi connectivity index (χ1v) is 8.92. The number of halogens is 1. The second kappa shape index (κ2) is 6.73. The Hall–Kier alpha value is -1.16. The lowest BCUT2D eigenvalue weighted by Gasteiger charge is -2.20. The van der Waals surface area contributed by atoms with Crippen molar-refractivity contribution in [3.8, 4) is 0 Å². The van der Waals surface area contributed by atoms with Gasteiger partial charge in [-0.15, -0.1) is 11.3 Å². The van der Waals surface area contributed by atoms with Crippen molar-refractivity contribution in [2.75, 3.05) is 6.54 Å². The molecule has 0 aliphatic rings. The summed E-state index contributed by atoms with van der Waals surface area (Å²) in [4.78, 5) is 1.37. The molecule has 3 heteroatoms. The molecule has 0 radical (unpaired) electrons. The molecule has 1 N–H and O–H groups in total. The van der Waals surface area contributed by atoms with E-state index >= 15 is 0 Å². The summed E-state index contributed by atoms with van der Waals surface area (Å²) >= 11 is 5.48. The van der Waals surface area contributed by atoms with E-state index in [9.17, 15) is 0 Å². The normalized spacial score (nSPS) is 12.7. The fraction of sp³-hybridized carbons (Fsp3) is 0.222. The summed E-state index contributed by atoms with van der Waals surface area (Å²) in [5.74, 6) is 0. The van der Waals surface area contributed by atoms with E-state index in [-0.39, 0.29) is 6.04 Å². The van der Waals surface area contributed by atoms with Gasteiger partial charge in [-0.2, -0.15) is 0 Å². The largest absolute Gasteiger partial charge is 0.306 e. The zero-order chi connectivity index (χ0) is 14.7. The maximum atomic E-state index is 3.69. The fourth-order valence-corrected chi connectivity index (χ4v) is 3.94. The summed E-state index contributed by atoms with van der Waals surface area (Å²) in [7, 11) is 0. The van der Waals surface area contributed by atoms with Crippen LogP contribution in [-0.2, 0) is 0 Å². The third kappa shape index (κ3) is 3.05. The summed E-state index contributed by atoms with van der Waals surface area (Å²) in [6.07, 6.45) is 1.14.